The van der Waals surface area contributed by atoms with E-state index >= 15 is 0 Å². The van der Waals surface area contributed by atoms with Crippen molar-refractivity contribution in [1.29, 1.82) is 5.26 Å². The van der Waals surface area contributed by atoms with E-state index < -0.39 is 65.1 Å². The molecule has 192 valence electrons. The number of urea groups is 1. The van der Waals surface area contributed by atoms with Crippen LogP contribution in [-0.4, -0.2) is 47.3 Å². The van der Waals surface area contributed by atoms with Gasteiger partial charge in [0.2, 0.25) is 5.91 Å². The molecule has 1 fully saturated rings. The van der Waals surface area contributed by atoms with Crippen LogP contribution in [0.2, 0.25) is 0 Å². The maximum atomic E-state index is 14.4. The Labute approximate surface area is 198 Å². The predicted octanol–water partition coefficient (Wildman–Crippen LogP) is 3.63. The van der Waals surface area contributed by atoms with Gasteiger partial charge in [-0.05, 0) is 36.8 Å². The third-order valence-corrected chi connectivity index (χ3v) is 5.14. The van der Waals surface area contributed by atoms with Gasteiger partial charge in [0, 0.05) is 13.1 Å². The number of benzene rings is 1. The summed E-state index contributed by atoms with van der Waals surface area (Å²) < 4.78 is 95.8. The summed E-state index contributed by atoms with van der Waals surface area (Å²) in [6.45, 7) is 1.52. The van der Waals surface area contributed by atoms with Crippen LogP contribution in [0.3, 0.4) is 0 Å². The van der Waals surface area contributed by atoms with Crippen molar-refractivity contribution in [3.8, 4) is 11.8 Å². The Morgan fingerprint density at radius 2 is 1.94 bits per heavy atom. The van der Waals surface area contributed by atoms with E-state index in [0.717, 1.165) is 23.1 Å². The number of nitrogens with zero attached hydrogens (tertiary/aromatic N) is 3. The number of piperazine rings is 1. The molecule has 1 aliphatic heterocycles. The lowest BCUT2D eigenvalue weighted by Crippen LogP contribution is -2.58. The van der Waals surface area contributed by atoms with Crippen LogP contribution in [0.1, 0.15) is 35.5 Å². The number of aromatic nitrogens is 1. The molecule has 1 aromatic heterocycles. The quantitative estimate of drug-likeness (QED) is 0.601. The van der Waals surface area contributed by atoms with Gasteiger partial charge < -0.3 is 20.3 Å². The molecule has 2 N–H and O–H groups in total. The van der Waals surface area contributed by atoms with Crippen LogP contribution in [0, 0.1) is 17.1 Å². The van der Waals surface area contributed by atoms with E-state index in [1.54, 1.807) is 0 Å². The molecule has 0 saturated carbocycles. The molecule has 0 unspecified atom stereocenters. The highest BCUT2D eigenvalue weighted by atomic mass is 19.4. The fraction of sp³-hybridized carbons (Fsp3) is 0.333. The maximum absolute atomic E-state index is 14.4. The zero-order chi connectivity index (χ0) is 26.8. The minimum atomic E-state index is -5.21. The van der Waals surface area contributed by atoms with Crippen LogP contribution in [0.5, 0.6) is 5.75 Å². The smallest absolute Gasteiger partial charge is 0.403 e. The van der Waals surface area contributed by atoms with Crippen molar-refractivity contribution in [3.05, 3.63) is 58.7 Å². The van der Waals surface area contributed by atoms with Crippen molar-refractivity contribution in [2.24, 2.45) is 0 Å². The molecule has 3 amide bonds. The summed E-state index contributed by atoms with van der Waals surface area (Å²) in [5.41, 5.74) is -3.18. The van der Waals surface area contributed by atoms with Crippen LogP contribution in [0.4, 0.5) is 35.5 Å². The molecule has 3 rings (SSSR count). The lowest BCUT2D eigenvalue weighted by Gasteiger charge is -2.34. The Morgan fingerprint density at radius 1 is 1.25 bits per heavy atom. The number of nitrogens with one attached hydrogen (secondary N) is 2. The second kappa shape index (κ2) is 9.88. The standard InChI is InChI=1S/C21H16F7N5O3/c1-10-18(34)30-6-7-33(10)19(35)32-16(11-3-5-15(13(22)8-11)36-21(26,27)28)14-4-2-12(9-29)17(31-14)20(23,24)25/h2-5,8,10,16H,6-7H2,1H3,(H,30,34)(H,32,35)/t10-,16-/m1/s1. The normalized spacial score (nSPS) is 17.1. The largest absolute Gasteiger partial charge is 0.573 e. The van der Waals surface area contributed by atoms with Gasteiger partial charge in [0.15, 0.2) is 17.3 Å². The fourth-order valence-electron chi connectivity index (χ4n) is 3.44. The van der Waals surface area contributed by atoms with Gasteiger partial charge in [0.25, 0.3) is 0 Å². The minimum absolute atomic E-state index is 0.0345. The van der Waals surface area contributed by atoms with E-state index in [1.165, 1.54) is 13.0 Å². The van der Waals surface area contributed by atoms with Gasteiger partial charge >= 0.3 is 18.6 Å². The minimum Gasteiger partial charge on any atom is -0.403 e. The number of carbonyl (C=O) groups is 2. The number of pyridine rings is 1. The number of hydrogen-bond acceptors (Lipinski definition) is 5. The fourth-order valence-corrected chi connectivity index (χ4v) is 3.44. The van der Waals surface area contributed by atoms with Crippen molar-refractivity contribution >= 4 is 11.9 Å². The van der Waals surface area contributed by atoms with E-state index in [1.807, 2.05) is 0 Å². The van der Waals surface area contributed by atoms with Crippen LogP contribution >= 0.6 is 0 Å². The summed E-state index contributed by atoms with van der Waals surface area (Å²) >= 11 is 0. The maximum Gasteiger partial charge on any atom is 0.573 e. The number of hydrogen-bond donors (Lipinski definition) is 2. The van der Waals surface area contributed by atoms with Crippen LogP contribution in [0.25, 0.3) is 0 Å². The van der Waals surface area contributed by atoms with Crippen molar-refractivity contribution in [3.63, 3.8) is 0 Å². The highest BCUT2D eigenvalue weighted by Crippen LogP contribution is 2.34. The molecule has 1 aliphatic rings. The summed E-state index contributed by atoms with van der Waals surface area (Å²) in [5, 5.41) is 13.9. The first-order chi connectivity index (χ1) is 16.7. The third kappa shape index (κ3) is 5.93. The van der Waals surface area contributed by atoms with Crippen LogP contribution in [0.15, 0.2) is 30.3 Å². The van der Waals surface area contributed by atoms with Gasteiger partial charge in [0.05, 0.1) is 17.3 Å². The molecule has 1 aromatic carbocycles. The molecular formula is C21H16F7N5O3. The Balaban J connectivity index is 2.07. The Bertz CT molecular complexity index is 1210. The lowest BCUT2D eigenvalue weighted by atomic mass is 10.0. The lowest BCUT2D eigenvalue weighted by molar-refractivity contribution is -0.275. The molecule has 0 aliphatic carbocycles. The summed E-state index contributed by atoms with van der Waals surface area (Å²) in [4.78, 5) is 29.3. The number of ether oxygens (including phenoxy) is 1. The van der Waals surface area contributed by atoms with Crippen LogP contribution < -0.4 is 15.4 Å². The monoisotopic (exact) mass is 519 g/mol. The van der Waals surface area contributed by atoms with E-state index in [2.05, 4.69) is 20.4 Å². The molecule has 2 atom stereocenters. The number of rotatable bonds is 4. The number of amides is 3. The number of alkyl halides is 6. The molecule has 8 nitrogen and oxygen atoms in total. The molecule has 0 bridgehead atoms. The Hall–Kier alpha value is -4.09. The van der Waals surface area contributed by atoms with Gasteiger partial charge in [-0.25, -0.2) is 14.2 Å². The molecule has 15 heteroatoms. The topological polar surface area (TPSA) is 107 Å². The SMILES string of the molecule is C[C@@H]1C(=O)NCCN1C(=O)N[C@H](c1ccc(OC(F)(F)F)c(F)c1)c1ccc(C#N)c(C(F)(F)F)n1. The molecule has 2 aromatic rings. The Kier molecular flexibility index (Phi) is 7.27. The van der Waals surface area contributed by atoms with E-state index in [4.69, 9.17) is 5.26 Å². The highest BCUT2D eigenvalue weighted by Gasteiger charge is 2.38. The van der Waals surface area contributed by atoms with Gasteiger partial charge in [-0.1, -0.05) is 6.07 Å². The van der Waals surface area contributed by atoms with Gasteiger partial charge in [-0.3, -0.25) is 4.79 Å². The first kappa shape index (κ1) is 26.5. The van der Waals surface area contributed by atoms with Gasteiger partial charge in [-0.2, -0.15) is 18.4 Å². The average molecular weight is 519 g/mol. The molecule has 0 radical (unpaired) electrons. The van der Waals surface area contributed by atoms with Gasteiger partial charge in [0.1, 0.15) is 12.1 Å². The molecule has 2 heterocycles. The average Bonchev–Trinajstić information content (AvgIpc) is 2.78. The van der Waals surface area contributed by atoms with Crippen molar-refractivity contribution in [2.45, 2.75) is 31.5 Å². The zero-order valence-electron chi connectivity index (χ0n) is 18.2. The zero-order valence-corrected chi connectivity index (χ0v) is 18.2. The van der Waals surface area contributed by atoms with E-state index in [0.29, 0.717) is 12.1 Å². The van der Waals surface area contributed by atoms with E-state index in [9.17, 15) is 40.3 Å². The number of nitriles is 1. The summed E-state index contributed by atoms with van der Waals surface area (Å²) in [6, 6.07) is 1.62. The third-order valence-electron chi connectivity index (χ3n) is 5.14. The van der Waals surface area contributed by atoms with Crippen molar-refractivity contribution in [2.75, 3.05) is 13.1 Å². The summed E-state index contributed by atoms with van der Waals surface area (Å²) in [7, 11) is 0. The van der Waals surface area contributed by atoms with Crippen molar-refractivity contribution in [1.82, 2.24) is 20.5 Å². The first-order valence-electron chi connectivity index (χ1n) is 10.1. The van der Waals surface area contributed by atoms with E-state index in [-0.39, 0.29) is 18.7 Å². The molecule has 1 saturated heterocycles. The number of halogens is 7. The molecule has 0 spiro atoms. The van der Waals surface area contributed by atoms with Gasteiger partial charge in [-0.15, -0.1) is 13.2 Å². The summed E-state index contributed by atoms with van der Waals surface area (Å²) in [6.07, 6.45) is -10.3. The van der Waals surface area contributed by atoms with Crippen LogP contribution in [-0.2, 0) is 11.0 Å². The first-order valence-corrected chi connectivity index (χ1v) is 10.1. The molecule has 36 heavy (non-hydrogen) atoms. The highest BCUT2D eigenvalue weighted by molar-refractivity contribution is 5.88. The Morgan fingerprint density at radius 3 is 2.53 bits per heavy atom. The predicted molar refractivity (Wildman–Crippen MR) is 107 cm³/mol. The molecular weight excluding hydrogens is 503 g/mol. The van der Waals surface area contributed by atoms with Crippen molar-refractivity contribution < 1.29 is 45.1 Å². The second-order valence-electron chi connectivity index (χ2n) is 7.52. The second-order valence-corrected chi connectivity index (χ2v) is 7.52. The number of carbonyl (C=O) groups excluding carboxylic acids is 2. The summed E-state index contributed by atoms with van der Waals surface area (Å²) in [5.74, 6) is -3.22.